The topological polar surface area (TPSA) is 62.6 Å². The molecule has 1 aromatic heterocycles. The van der Waals surface area contributed by atoms with Crippen molar-refractivity contribution >= 4 is 11.8 Å². The summed E-state index contributed by atoms with van der Waals surface area (Å²) >= 11 is 0. The van der Waals surface area contributed by atoms with Gasteiger partial charge in [-0.1, -0.05) is 0 Å². The Labute approximate surface area is 154 Å². The molecule has 0 atom stereocenters. The molecule has 1 aromatic carbocycles. The summed E-state index contributed by atoms with van der Waals surface area (Å²) in [5.74, 6) is 0.0566. The van der Waals surface area contributed by atoms with Crippen molar-refractivity contribution in [2.75, 3.05) is 13.1 Å². The maximum atomic E-state index is 12.6. The van der Waals surface area contributed by atoms with Gasteiger partial charge in [0.25, 0.3) is 5.91 Å². The lowest BCUT2D eigenvalue weighted by molar-refractivity contribution is -0.137. The predicted octanol–water partition coefficient (Wildman–Crippen LogP) is 3.47. The van der Waals surface area contributed by atoms with E-state index in [1.165, 1.54) is 18.4 Å². The maximum absolute atomic E-state index is 12.6. The first kappa shape index (κ1) is 19.0. The number of likely N-dealkylation sites (tertiary alicyclic amines) is 1. The number of carbonyl (C=O) groups is 2. The molecule has 2 heterocycles. The summed E-state index contributed by atoms with van der Waals surface area (Å²) in [4.78, 5) is 26.2. The van der Waals surface area contributed by atoms with Crippen LogP contribution in [0.2, 0.25) is 0 Å². The van der Waals surface area contributed by atoms with Crippen molar-refractivity contribution in [2.45, 2.75) is 25.6 Å². The number of nitrogens with one attached hydrogen (secondary N) is 1. The Balaban J connectivity index is 1.51. The first-order chi connectivity index (χ1) is 12.8. The SMILES string of the molecule is O=C(NCc1ccco1)C1CCN(C(=O)c2ccc(C(F)(F)F)cc2)CC1. The molecule has 1 N–H and O–H groups in total. The molecule has 0 saturated carbocycles. The van der Waals surface area contributed by atoms with Gasteiger partial charge in [0.15, 0.2) is 0 Å². The molecular formula is C19H19F3N2O3. The minimum Gasteiger partial charge on any atom is -0.467 e. The third kappa shape index (κ3) is 4.69. The van der Waals surface area contributed by atoms with Crippen LogP contribution in [-0.4, -0.2) is 29.8 Å². The molecule has 3 rings (SSSR count). The summed E-state index contributed by atoms with van der Waals surface area (Å²) in [6.45, 7) is 1.09. The fourth-order valence-electron chi connectivity index (χ4n) is 3.06. The molecule has 0 unspecified atom stereocenters. The average Bonchev–Trinajstić information content (AvgIpc) is 3.19. The lowest BCUT2D eigenvalue weighted by Crippen LogP contribution is -2.42. The molecule has 1 saturated heterocycles. The highest BCUT2D eigenvalue weighted by Crippen LogP contribution is 2.29. The van der Waals surface area contributed by atoms with E-state index in [0.29, 0.717) is 38.2 Å². The van der Waals surface area contributed by atoms with Crippen LogP contribution in [0.15, 0.2) is 47.1 Å². The average molecular weight is 380 g/mol. The number of hydrogen-bond donors (Lipinski definition) is 1. The van der Waals surface area contributed by atoms with Crippen LogP contribution in [0.3, 0.4) is 0 Å². The molecule has 144 valence electrons. The van der Waals surface area contributed by atoms with Gasteiger partial charge in [0.1, 0.15) is 5.76 Å². The molecule has 27 heavy (non-hydrogen) atoms. The van der Waals surface area contributed by atoms with Crippen molar-refractivity contribution in [2.24, 2.45) is 5.92 Å². The monoisotopic (exact) mass is 380 g/mol. The van der Waals surface area contributed by atoms with Crippen LogP contribution >= 0.6 is 0 Å². The first-order valence-electron chi connectivity index (χ1n) is 8.61. The van der Waals surface area contributed by atoms with Gasteiger partial charge in [-0.05, 0) is 49.2 Å². The van der Waals surface area contributed by atoms with Gasteiger partial charge < -0.3 is 14.6 Å². The highest BCUT2D eigenvalue weighted by atomic mass is 19.4. The standard InChI is InChI=1S/C19H19F3N2O3/c20-19(21,22)15-5-3-14(4-6-15)18(26)24-9-7-13(8-10-24)17(25)23-12-16-2-1-11-27-16/h1-6,11,13H,7-10,12H2,(H,23,25). The highest BCUT2D eigenvalue weighted by molar-refractivity contribution is 5.94. The lowest BCUT2D eigenvalue weighted by Gasteiger charge is -2.31. The van der Waals surface area contributed by atoms with Gasteiger partial charge in [0.05, 0.1) is 18.4 Å². The van der Waals surface area contributed by atoms with Crippen LogP contribution < -0.4 is 5.32 Å². The molecule has 0 spiro atoms. The molecule has 0 bridgehead atoms. The normalized spacial score (nSPS) is 15.6. The number of carbonyl (C=O) groups excluding carboxylic acids is 2. The van der Waals surface area contributed by atoms with E-state index >= 15 is 0 Å². The number of furan rings is 1. The third-order valence-electron chi connectivity index (χ3n) is 4.63. The van der Waals surface area contributed by atoms with E-state index < -0.39 is 11.7 Å². The second-order valence-corrected chi connectivity index (χ2v) is 6.44. The molecule has 2 aromatic rings. The van der Waals surface area contributed by atoms with Crippen LogP contribution in [0.1, 0.15) is 34.5 Å². The van der Waals surface area contributed by atoms with Crippen molar-refractivity contribution < 1.29 is 27.2 Å². The molecule has 8 heteroatoms. The molecule has 5 nitrogen and oxygen atoms in total. The largest absolute Gasteiger partial charge is 0.467 e. The van der Waals surface area contributed by atoms with Crippen molar-refractivity contribution in [3.8, 4) is 0 Å². The number of alkyl halides is 3. The molecule has 1 fully saturated rings. The van der Waals surface area contributed by atoms with E-state index in [1.807, 2.05) is 0 Å². The van der Waals surface area contributed by atoms with Crippen LogP contribution in [-0.2, 0) is 17.5 Å². The number of hydrogen-bond acceptors (Lipinski definition) is 3. The first-order valence-corrected chi connectivity index (χ1v) is 8.61. The number of benzene rings is 1. The Morgan fingerprint density at radius 2 is 1.78 bits per heavy atom. The third-order valence-corrected chi connectivity index (χ3v) is 4.63. The summed E-state index contributed by atoms with van der Waals surface area (Å²) in [6, 6.07) is 7.70. The fraction of sp³-hybridized carbons (Fsp3) is 0.368. The van der Waals surface area contributed by atoms with Gasteiger partial charge in [0, 0.05) is 24.6 Å². The van der Waals surface area contributed by atoms with E-state index in [0.717, 1.165) is 12.1 Å². The van der Waals surface area contributed by atoms with Gasteiger partial charge >= 0.3 is 6.18 Å². The zero-order chi connectivity index (χ0) is 19.4. The van der Waals surface area contributed by atoms with Crippen molar-refractivity contribution in [1.29, 1.82) is 0 Å². The Kier molecular flexibility index (Phi) is 5.53. The van der Waals surface area contributed by atoms with E-state index in [9.17, 15) is 22.8 Å². The van der Waals surface area contributed by atoms with Crippen molar-refractivity contribution in [1.82, 2.24) is 10.2 Å². The zero-order valence-electron chi connectivity index (χ0n) is 14.5. The van der Waals surface area contributed by atoms with E-state index in [4.69, 9.17) is 4.42 Å². The summed E-state index contributed by atoms with van der Waals surface area (Å²) in [7, 11) is 0. The summed E-state index contributed by atoms with van der Waals surface area (Å²) < 4.78 is 43.0. The Morgan fingerprint density at radius 3 is 2.33 bits per heavy atom. The number of amides is 2. The number of nitrogens with zero attached hydrogens (tertiary/aromatic N) is 1. The smallest absolute Gasteiger partial charge is 0.416 e. The minimum absolute atomic E-state index is 0.0898. The number of rotatable bonds is 4. The molecular weight excluding hydrogens is 361 g/mol. The lowest BCUT2D eigenvalue weighted by atomic mass is 9.95. The quantitative estimate of drug-likeness (QED) is 0.884. The van der Waals surface area contributed by atoms with Gasteiger partial charge in [-0.2, -0.15) is 13.2 Å². The molecule has 1 aliphatic rings. The van der Waals surface area contributed by atoms with Gasteiger partial charge in [-0.25, -0.2) is 0 Å². The second-order valence-electron chi connectivity index (χ2n) is 6.44. The predicted molar refractivity (Wildman–Crippen MR) is 90.6 cm³/mol. The van der Waals surface area contributed by atoms with Crippen molar-refractivity contribution in [3.05, 3.63) is 59.5 Å². The Hall–Kier alpha value is -2.77. The minimum atomic E-state index is -4.43. The Morgan fingerprint density at radius 1 is 1.11 bits per heavy atom. The Bertz CT molecular complexity index is 778. The van der Waals surface area contributed by atoms with Gasteiger partial charge in [-0.3, -0.25) is 9.59 Å². The van der Waals surface area contributed by atoms with Crippen LogP contribution in [0.25, 0.3) is 0 Å². The maximum Gasteiger partial charge on any atom is 0.416 e. The zero-order valence-corrected chi connectivity index (χ0v) is 14.5. The van der Waals surface area contributed by atoms with E-state index in [1.54, 1.807) is 17.0 Å². The van der Waals surface area contributed by atoms with Crippen LogP contribution in [0.4, 0.5) is 13.2 Å². The van der Waals surface area contributed by atoms with Crippen LogP contribution in [0, 0.1) is 5.92 Å². The number of piperidine rings is 1. The summed E-state index contributed by atoms with van der Waals surface area (Å²) in [5, 5.41) is 2.81. The van der Waals surface area contributed by atoms with Crippen LogP contribution in [0.5, 0.6) is 0 Å². The second kappa shape index (κ2) is 7.85. The molecule has 0 aliphatic carbocycles. The number of halogens is 3. The highest BCUT2D eigenvalue weighted by Gasteiger charge is 2.31. The fourth-order valence-corrected chi connectivity index (χ4v) is 3.06. The summed E-state index contributed by atoms with van der Waals surface area (Å²) in [6.07, 6.45) is -1.87. The van der Waals surface area contributed by atoms with E-state index in [-0.39, 0.29) is 23.3 Å². The molecule has 1 aliphatic heterocycles. The molecule has 2 amide bonds. The van der Waals surface area contributed by atoms with Gasteiger partial charge in [0.2, 0.25) is 5.91 Å². The van der Waals surface area contributed by atoms with Gasteiger partial charge in [-0.15, -0.1) is 0 Å². The van der Waals surface area contributed by atoms with Crippen molar-refractivity contribution in [3.63, 3.8) is 0 Å². The summed E-state index contributed by atoms with van der Waals surface area (Å²) in [5.41, 5.74) is -0.574. The van der Waals surface area contributed by atoms with E-state index in [2.05, 4.69) is 5.32 Å². The molecule has 0 radical (unpaired) electrons.